The van der Waals surface area contributed by atoms with Gasteiger partial charge in [0.2, 0.25) is 0 Å². The monoisotopic (exact) mass is 138 g/mol. The first-order valence-electron chi connectivity index (χ1n) is 3.87. The van der Waals surface area contributed by atoms with Crippen molar-refractivity contribution < 1.29 is 0 Å². The Labute approximate surface area is 61.9 Å². The Kier molecular flexibility index (Phi) is 2.60. The molecule has 1 heterocycles. The summed E-state index contributed by atoms with van der Waals surface area (Å²) in [5, 5.41) is 7.14. The Morgan fingerprint density at radius 3 is 3.10 bits per heavy atom. The lowest BCUT2D eigenvalue weighted by Gasteiger charge is -2.14. The average molecular weight is 138 g/mol. The van der Waals surface area contributed by atoms with Crippen molar-refractivity contribution in [3.8, 4) is 0 Å². The van der Waals surface area contributed by atoms with Crippen molar-refractivity contribution in [3.05, 3.63) is 0 Å². The third-order valence-corrected chi connectivity index (χ3v) is 2.17. The molecular formula is C8H14N2. The summed E-state index contributed by atoms with van der Waals surface area (Å²) in [6.07, 6.45) is 5.71. The summed E-state index contributed by atoms with van der Waals surface area (Å²) in [6.45, 7) is 3.07. The first kappa shape index (κ1) is 7.45. The first-order chi connectivity index (χ1) is 4.88. The van der Waals surface area contributed by atoms with E-state index in [0.717, 1.165) is 19.4 Å². The number of nitrogens with one attached hydrogen (secondary N) is 1. The van der Waals surface area contributed by atoms with E-state index >= 15 is 0 Å². The molecule has 0 bridgehead atoms. The zero-order valence-corrected chi connectivity index (χ0v) is 6.38. The van der Waals surface area contributed by atoms with E-state index in [1.807, 2.05) is 6.21 Å². The average Bonchev–Trinajstić information content (AvgIpc) is 2.43. The van der Waals surface area contributed by atoms with E-state index in [2.05, 4.69) is 11.9 Å². The Morgan fingerprint density at radius 1 is 1.90 bits per heavy atom. The van der Waals surface area contributed by atoms with Crippen LogP contribution in [-0.2, 0) is 0 Å². The molecule has 1 aliphatic heterocycles. The molecule has 0 aromatic heterocycles. The lowest BCUT2D eigenvalue weighted by molar-refractivity contribution is 0.455. The van der Waals surface area contributed by atoms with Crippen LogP contribution in [0.1, 0.15) is 19.8 Å². The highest BCUT2D eigenvalue weighted by atomic mass is 14.7. The summed E-state index contributed by atoms with van der Waals surface area (Å²) in [5.74, 6) is 1.09. The summed E-state index contributed by atoms with van der Waals surface area (Å²) in [4.78, 5) is 4.15. The second-order valence-corrected chi connectivity index (χ2v) is 2.78. The molecule has 10 heavy (non-hydrogen) atoms. The van der Waals surface area contributed by atoms with Crippen molar-refractivity contribution >= 4 is 12.4 Å². The number of hydrogen-bond donors (Lipinski definition) is 1. The second-order valence-electron chi connectivity index (χ2n) is 2.78. The minimum Gasteiger partial charge on any atom is -0.313 e. The van der Waals surface area contributed by atoms with Gasteiger partial charge in [-0.1, -0.05) is 6.92 Å². The van der Waals surface area contributed by atoms with Crippen LogP contribution in [-0.4, -0.2) is 19.0 Å². The molecule has 0 fully saturated rings. The standard InChI is InChI=1S/C8H14N2/c1-2-7(5-9)8-3-4-10-6-8/h4-5,7-9H,2-3,6H2,1H3. The molecule has 2 atom stereocenters. The highest BCUT2D eigenvalue weighted by molar-refractivity contribution is 5.64. The highest BCUT2D eigenvalue weighted by Gasteiger charge is 2.19. The van der Waals surface area contributed by atoms with Crippen LogP contribution in [0.3, 0.4) is 0 Å². The van der Waals surface area contributed by atoms with Gasteiger partial charge in [0.05, 0.1) is 0 Å². The van der Waals surface area contributed by atoms with Gasteiger partial charge >= 0.3 is 0 Å². The van der Waals surface area contributed by atoms with Gasteiger partial charge in [-0.25, -0.2) is 0 Å². The van der Waals surface area contributed by atoms with E-state index in [-0.39, 0.29) is 0 Å². The Morgan fingerprint density at radius 2 is 2.70 bits per heavy atom. The molecule has 0 aliphatic carbocycles. The lowest BCUT2D eigenvalue weighted by atomic mass is 9.90. The maximum absolute atomic E-state index is 7.14. The van der Waals surface area contributed by atoms with Crippen LogP contribution in [0.2, 0.25) is 0 Å². The lowest BCUT2D eigenvalue weighted by Crippen LogP contribution is -2.15. The Hall–Kier alpha value is -0.660. The molecule has 2 nitrogen and oxygen atoms in total. The van der Waals surface area contributed by atoms with Gasteiger partial charge in [0, 0.05) is 6.54 Å². The van der Waals surface area contributed by atoms with Crippen molar-refractivity contribution in [2.24, 2.45) is 16.8 Å². The van der Waals surface area contributed by atoms with Crippen LogP contribution >= 0.6 is 0 Å². The molecule has 1 N–H and O–H groups in total. The first-order valence-corrected chi connectivity index (χ1v) is 3.87. The van der Waals surface area contributed by atoms with E-state index < -0.39 is 0 Å². The maximum Gasteiger partial charge on any atom is 0.0423 e. The van der Waals surface area contributed by atoms with Crippen molar-refractivity contribution in [2.75, 3.05) is 6.54 Å². The van der Waals surface area contributed by atoms with Crippen LogP contribution < -0.4 is 0 Å². The SMILES string of the molecule is CCC(C=N)C1CC=NC1. The minimum atomic E-state index is 0.461. The molecule has 0 amide bonds. The molecule has 0 saturated carbocycles. The molecule has 56 valence electrons. The van der Waals surface area contributed by atoms with E-state index in [4.69, 9.17) is 5.41 Å². The van der Waals surface area contributed by atoms with Gasteiger partial charge in [-0.3, -0.25) is 4.99 Å². The summed E-state index contributed by atoms with van der Waals surface area (Å²) < 4.78 is 0. The van der Waals surface area contributed by atoms with E-state index in [1.54, 1.807) is 6.21 Å². The molecule has 2 heteroatoms. The fraction of sp³-hybridized carbons (Fsp3) is 0.750. The van der Waals surface area contributed by atoms with E-state index in [0.29, 0.717) is 11.8 Å². The Bertz CT molecular complexity index is 132. The molecule has 0 aromatic carbocycles. The largest absolute Gasteiger partial charge is 0.313 e. The van der Waals surface area contributed by atoms with Crippen molar-refractivity contribution in [1.82, 2.24) is 0 Å². The molecule has 2 unspecified atom stereocenters. The Balaban J connectivity index is 2.38. The number of hydrogen-bond acceptors (Lipinski definition) is 2. The molecule has 0 spiro atoms. The van der Waals surface area contributed by atoms with Crippen LogP contribution in [0.15, 0.2) is 4.99 Å². The smallest absolute Gasteiger partial charge is 0.0423 e. The number of nitrogens with zero attached hydrogens (tertiary/aromatic N) is 1. The number of rotatable bonds is 3. The summed E-state index contributed by atoms with van der Waals surface area (Å²) >= 11 is 0. The van der Waals surface area contributed by atoms with E-state index in [1.165, 1.54) is 0 Å². The van der Waals surface area contributed by atoms with Gasteiger partial charge < -0.3 is 5.41 Å². The predicted octanol–water partition coefficient (Wildman–Crippen LogP) is 1.75. The molecule has 1 rings (SSSR count). The molecule has 0 aromatic rings. The third kappa shape index (κ3) is 1.43. The highest BCUT2D eigenvalue weighted by Crippen LogP contribution is 2.20. The topological polar surface area (TPSA) is 36.2 Å². The summed E-state index contributed by atoms with van der Waals surface area (Å²) in [6, 6.07) is 0. The minimum absolute atomic E-state index is 0.461. The van der Waals surface area contributed by atoms with Crippen LogP contribution in [0, 0.1) is 17.2 Å². The zero-order valence-electron chi connectivity index (χ0n) is 6.38. The molecule has 0 saturated heterocycles. The van der Waals surface area contributed by atoms with Gasteiger partial charge in [0.1, 0.15) is 0 Å². The summed E-state index contributed by atoms with van der Waals surface area (Å²) in [7, 11) is 0. The fourth-order valence-electron chi connectivity index (χ4n) is 1.39. The molecule has 1 aliphatic rings. The normalized spacial score (nSPS) is 26.7. The molecular weight excluding hydrogens is 124 g/mol. The fourth-order valence-corrected chi connectivity index (χ4v) is 1.39. The quantitative estimate of drug-likeness (QED) is 0.577. The van der Waals surface area contributed by atoms with Gasteiger partial charge in [0.15, 0.2) is 0 Å². The zero-order chi connectivity index (χ0) is 7.40. The summed E-state index contributed by atoms with van der Waals surface area (Å²) in [5.41, 5.74) is 0. The van der Waals surface area contributed by atoms with Gasteiger partial charge in [0.25, 0.3) is 0 Å². The van der Waals surface area contributed by atoms with Crippen LogP contribution in [0.25, 0.3) is 0 Å². The van der Waals surface area contributed by atoms with Gasteiger partial charge in [-0.05, 0) is 37.1 Å². The van der Waals surface area contributed by atoms with Crippen molar-refractivity contribution in [3.63, 3.8) is 0 Å². The van der Waals surface area contributed by atoms with Crippen LogP contribution in [0.4, 0.5) is 0 Å². The van der Waals surface area contributed by atoms with Crippen molar-refractivity contribution in [2.45, 2.75) is 19.8 Å². The predicted molar refractivity (Wildman–Crippen MR) is 44.0 cm³/mol. The maximum atomic E-state index is 7.14. The number of aliphatic imine (C=N–C) groups is 1. The van der Waals surface area contributed by atoms with Crippen LogP contribution in [0.5, 0.6) is 0 Å². The molecule has 0 radical (unpaired) electrons. The second kappa shape index (κ2) is 3.49. The van der Waals surface area contributed by atoms with Crippen molar-refractivity contribution in [1.29, 1.82) is 5.41 Å². The third-order valence-electron chi connectivity index (χ3n) is 2.17. The van der Waals surface area contributed by atoms with Gasteiger partial charge in [-0.2, -0.15) is 0 Å². The van der Waals surface area contributed by atoms with Gasteiger partial charge in [-0.15, -0.1) is 0 Å². The van der Waals surface area contributed by atoms with E-state index in [9.17, 15) is 0 Å².